The molecular weight excluding hydrogens is 599 g/mol. The lowest BCUT2D eigenvalue weighted by Gasteiger charge is -2.23. The van der Waals surface area contributed by atoms with E-state index in [1.54, 1.807) is 0 Å². The van der Waals surface area contributed by atoms with Gasteiger partial charge in [0.2, 0.25) is 0 Å². The molecule has 0 heterocycles. The first kappa shape index (κ1) is 31.1. The fraction of sp³-hybridized carbons (Fsp3) is 0.100. The summed E-state index contributed by atoms with van der Waals surface area (Å²) in [5.74, 6) is -2.21. The van der Waals surface area contributed by atoms with Gasteiger partial charge in [-0.15, -0.1) is 0 Å². The van der Waals surface area contributed by atoms with Gasteiger partial charge in [-0.25, -0.2) is 8.78 Å². The van der Waals surface area contributed by atoms with E-state index in [-0.39, 0.29) is 0 Å². The molecule has 0 saturated carbocycles. The van der Waals surface area contributed by atoms with Crippen molar-refractivity contribution in [2.75, 3.05) is 0 Å². The number of hydrogen-bond acceptors (Lipinski definition) is 2. The van der Waals surface area contributed by atoms with Crippen molar-refractivity contribution in [2.24, 2.45) is 0 Å². The fourth-order valence-electron chi connectivity index (χ4n) is 6.56. The van der Waals surface area contributed by atoms with Crippen molar-refractivity contribution in [2.45, 2.75) is 32.1 Å². The van der Waals surface area contributed by atoms with Crippen LogP contribution in [0.25, 0.3) is 44.5 Å². The molecule has 0 aliphatic heterocycles. The number of halogens is 2. The third-order valence-corrected chi connectivity index (χ3v) is 9.24. The molecule has 1 aliphatic carbocycles. The van der Waals surface area contributed by atoms with Gasteiger partial charge in [0.15, 0.2) is 0 Å². The van der Waals surface area contributed by atoms with Crippen LogP contribution < -0.4 is 0 Å². The van der Waals surface area contributed by atoms with E-state index in [0.717, 1.165) is 12.5 Å². The molecule has 0 saturated heterocycles. The maximum absolute atomic E-state index is 12.6. The fourth-order valence-corrected chi connectivity index (χ4v) is 7.11. The van der Waals surface area contributed by atoms with Crippen LogP contribution in [-0.2, 0) is 16.5 Å². The van der Waals surface area contributed by atoms with Gasteiger partial charge < -0.3 is 0 Å². The molecule has 0 aromatic heterocycles. The molecule has 6 heteroatoms. The average Bonchev–Trinajstić information content (AvgIpc) is 3.39. The highest BCUT2D eigenvalue weighted by Crippen LogP contribution is 2.51. The summed E-state index contributed by atoms with van der Waals surface area (Å²) in [4.78, 5) is -0.927. The Hall–Kier alpha value is -4.91. The zero-order valence-electron chi connectivity index (χ0n) is 25.7. The molecule has 46 heavy (non-hydrogen) atoms. The normalized spacial score (nSPS) is 11.8. The van der Waals surface area contributed by atoms with E-state index in [4.69, 9.17) is 4.55 Å². The maximum Gasteiger partial charge on any atom is 0.297 e. The van der Waals surface area contributed by atoms with Crippen molar-refractivity contribution in [1.82, 2.24) is 0 Å². The quantitative estimate of drug-likeness (QED) is 0.197. The van der Waals surface area contributed by atoms with Gasteiger partial charge in [0.1, 0.15) is 16.5 Å². The number of rotatable bonds is 4. The second-order valence-electron chi connectivity index (χ2n) is 11.6. The highest BCUT2D eigenvalue weighted by Gasteiger charge is 2.28. The first-order valence-electron chi connectivity index (χ1n) is 14.9. The lowest BCUT2D eigenvalue weighted by atomic mass is 9.80. The Morgan fingerprint density at radius 3 is 1.78 bits per heavy atom. The van der Waals surface area contributed by atoms with Crippen LogP contribution in [0.4, 0.5) is 8.78 Å². The van der Waals surface area contributed by atoms with Crippen molar-refractivity contribution >= 4 is 10.1 Å². The van der Waals surface area contributed by atoms with Crippen molar-refractivity contribution < 1.29 is 21.8 Å². The number of benzene rings is 6. The summed E-state index contributed by atoms with van der Waals surface area (Å²) in [6.45, 7) is 6.74. The van der Waals surface area contributed by atoms with Crippen LogP contribution in [0.5, 0.6) is 0 Å². The number of aryl methyl sites for hydroxylation is 3. The first-order valence-corrected chi connectivity index (χ1v) is 16.4. The number of hydrogen-bond donors (Lipinski definition) is 1. The van der Waals surface area contributed by atoms with Crippen molar-refractivity contribution in [3.63, 3.8) is 0 Å². The van der Waals surface area contributed by atoms with Crippen LogP contribution in [0.3, 0.4) is 0 Å². The van der Waals surface area contributed by atoms with Crippen LogP contribution in [-0.4, -0.2) is 13.0 Å². The largest absolute Gasteiger partial charge is 0.297 e. The van der Waals surface area contributed by atoms with E-state index in [1.807, 2.05) is 0 Å². The molecule has 7 rings (SSSR count). The minimum atomic E-state index is -4.59. The summed E-state index contributed by atoms with van der Waals surface area (Å²) in [5.41, 5.74) is 17.6. The van der Waals surface area contributed by atoms with Crippen LogP contribution >= 0.6 is 0 Å². The van der Waals surface area contributed by atoms with Crippen molar-refractivity contribution in [3.05, 3.63) is 161 Å². The molecule has 0 fully saturated rings. The van der Waals surface area contributed by atoms with Gasteiger partial charge in [0.05, 0.1) is 0 Å². The third-order valence-electron chi connectivity index (χ3n) is 8.36. The molecule has 6 aromatic carbocycles. The standard InChI is InChI=1S/C34H28.C6H4F2O3S/c1-22-18-23(2)32(24(3)19-22)34-31-20-27-16-10-11-17-28(27)30(31)21-29(25-12-6-4-7-13-25)33(34)26-14-8-5-9-15-26;7-4-1-2-6(5(8)3-4)12(9,10)11/h4-19,21H,20H2,1-3H3;1-3H,(H,9,10,11). The highest BCUT2D eigenvalue weighted by atomic mass is 32.2. The molecule has 1 aliphatic rings. The molecule has 0 bridgehead atoms. The van der Waals surface area contributed by atoms with Gasteiger partial charge in [0, 0.05) is 6.07 Å². The summed E-state index contributed by atoms with van der Waals surface area (Å²) in [5, 5.41) is 0. The minimum absolute atomic E-state index is 0.378. The zero-order valence-corrected chi connectivity index (χ0v) is 26.5. The summed E-state index contributed by atoms with van der Waals surface area (Å²) >= 11 is 0. The maximum atomic E-state index is 12.6. The minimum Gasteiger partial charge on any atom is -0.282 e. The smallest absolute Gasteiger partial charge is 0.282 e. The molecule has 230 valence electrons. The van der Waals surface area contributed by atoms with Gasteiger partial charge in [-0.2, -0.15) is 8.42 Å². The molecule has 0 atom stereocenters. The Kier molecular flexibility index (Phi) is 8.43. The molecule has 1 N–H and O–H groups in total. The summed E-state index contributed by atoms with van der Waals surface area (Å²) in [6.07, 6.45) is 0.975. The molecule has 0 radical (unpaired) electrons. The Morgan fingerprint density at radius 1 is 0.587 bits per heavy atom. The zero-order chi connectivity index (χ0) is 32.6. The first-order chi connectivity index (χ1) is 22.0. The lowest BCUT2D eigenvalue weighted by Crippen LogP contribution is -2.01. The third kappa shape index (κ3) is 6.02. The molecule has 6 aromatic rings. The van der Waals surface area contributed by atoms with Gasteiger partial charge >= 0.3 is 0 Å². The van der Waals surface area contributed by atoms with Crippen molar-refractivity contribution in [3.8, 4) is 44.5 Å². The monoisotopic (exact) mass is 630 g/mol. The van der Waals surface area contributed by atoms with E-state index >= 15 is 0 Å². The van der Waals surface area contributed by atoms with Crippen LogP contribution in [0.15, 0.2) is 126 Å². The molecule has 0 unspecified atom stereocenters. The van der Waals surface area contributed by atoms with E-state index in [1.165, 1.54) is 72.3 Å². The van der Waals surface area contributed by atoms with Crippen LogP contribution in [0.2, 0.25) is 0 Å². The number of fused-ring (bicyclic) bond motifs is 3. The Morgan fingerprint density at radius 2 is 1.17 bits per heavy atom. The molecular formula is C40H32F2O3S. The van der Waals surface area contributed by atoms with E-state index in [0.29, 0.717) is 12.1 Å². The second-order valence-corrected chi connectivity index (χ2v) is 13.0. The average molecular weight is 631 g/mol. The van der Waals surface area contributed by atoms with Gasteiger partial charge in [-0.05, 0) is 112 Å². The topological polar surface area (TPSA) is 54.4 Å². The van der Waals surface area contributed by atoms with Crippen LogP contribution in [0, 0.1) is 32.4 Å². The summed E-state index contributed by atoms with van der Waals surface area (Å²) in [7, 11) is -4.59. The summed E-state index contributed by atoms with van der Waals surface area (Å²) < 4.78 is 53.9. The van der Waals surface area contributed by atoms with E-state index in [2.05, 4.69) is 124 Å². The second kappa shape index (κ2) is 12.5. The van der Waals surface area contributed by atoms with E-state index in [9.17, 15) is 17.2 Å². The Balaban J connectivity index is 0.000000262. The molecule has 3 nitrogen and oxygen atoms in total. The van der Waals surface area contributed by atoms with Gasteiger partial charge in [-0.3, -0.25) is 4.55 Å². The van der Waals surface area contributed by atoms with Crippen LogP contribution in [0.1, 0.15) is 27.8 Å². The molecule has 0 amide bonds. The Bertz CT molecular complexity index is 2170. The molecule has 0 spiro atoms. The predicted octanol–water partition coefficient (Wildman–Crippen LogP) is 10.4. The highest BCUT2D eigenvalue weighted by molar-refractivity contribution is 7.85. The van der Waals surface area contributed by atoms with Gasteiger partial charge in [0.25, 0.3) is 10.1 Å². The Labute approximate surface area is 268 Å². The lowest BCUT2D eigenvalue weighted by molar-refractivity contribution is 0.471. The van der Waals surface area contributed by atoms with Gasteiger partial charge in [-0.1, -0.05) is 103 Å². The predicted molar refractivity (Wildman–Crippen MR) is 181 cm³/mol. The van der Waals surface area contributed by atoms with E-state index < -0.39 is 26.6 Å². The SMILES string of the molecule is Cc1cc(C)c(-c2c3c(cc(-c4ccccc4)c2-c2ccccc2)-c2ccccc2C3)c(C)c1.O=S(=O)(O)c1ccc(F)cc1F. The summed E-state index contributed by atoms with van der Waals surface area (Å²) in [6, 6.07) is 39.6. The van der Waals surface area contributed by atoms with Crippen molar-refractivity contribution in [1.29, 1.82) is 0 Å².